The number of fused-ring (bicyclic) bond motifs is 1. The van der Waals surface area contributed by atoms with Gasteiger partial charge in [-0.1, -0.05) is 17.7 Å². The first-order chi connectivity index (χ1) is 8.14. The standard InChI is InChI=1S/C14H19ClN2/c1-10(2)17-12-6-3-5-11(15)13(12)16-9-14(17)7-4-8-14/h3,5-6,10,16H,4,7-9H2,1-2H3. The van der Waals surface area contributed by atoms with Crippen molar-refractivity contribution in [2.75, 3.05) is 16.8 Å². The van der Waals surface area contributed by atoms with E-state index in [4.69, 9.17) is 11.6 Å². The minimum Gasteiger partial charge on any atom is -0.380 e. The van der Waals surface area contributed by atoms with E-state index in [9.17, 15) is 0 Å². The molecule has 1 aliphatic heterocycles. The Bertz CT molecular complexity index is 438. The van der Waals surface area contributed by atoms with E-state index in [1.54, 1.807) is 0 Å². The van der Waals surface area contributed by atoms with Crippen LogP contribution in [-0.2, 0) is 0 Å². The van der Waals surface area contributed by atoms with Crippen LogP contribution in [0.25, 0.3) is 0 Å². The van der Waals surface area contributed by atoms with Gasteiger partial charge in [-0.2, -0.15) is 0 Å². The van der Waals surface area contributed by atoms with E-state index in [0.29, 0.717) is 11.6 Å². The average molecular weight is 251 g/mol. The fraction of sp³-hybridized carbons (Fsp3) is 0.571. The molecule has 0 saturated heterocycles. The molecule has 1 aromatic rings. The summed E-state index contributed by atoms with van der Waals surface area (Å²) in [4.78, 5) is 2.58. The van der Waals surface area contributed by atoms with Gasteiger partial charge < -0.3 is 10.2 Å². The zero-order chi connectivity index (χ0) is 12.0. The van der Waals surface area contributed by atoms with Crippen LogP contribution in [0.15, 0.2) is 18.2 Å². The Balaban J connectivity index is 2.10. The molecule has 0 aromatic heterocycles. The van der Waals surface area contributed by atoms with Gasteiger partial charge in [-0.15, -0.1) is 0 Å². The van der Waals surface area contributed by atoms with Crippen LogP contribution in [0.3, 0.4) is 0 Å². The van der Waals surface area contributed by atoms with Crippen molar-refractivity contribution in [1.29, 1.82) is 0 Å². The van der Waals surface area contributed by atoms with Gasteiger partial charge in [0.05, 0.1) is 21.9 Å². The molecule has 1 N–H and O–H groups in total. The lowest BCUT2D eigenvalue weighted by atomic mass is 9.73. The largest absolute Gasteiger partial charge is 0.380 e. The lowest BCUT2D eigenvalue weighted by molar-refractivity contribution is 0.226. The summed E-state index contributed by atoms with van der Waals surface area (Å²) in [5, 5.41) is 4.37. The van der Waals surface area contributed by atoms with Gasteiger partial charge in [-0.25, -0.2) is 0 Å². The van der Waals surface area contributed by atoms with Crippen LogP contribution in [-0.4, -0.2) is 18.1 Å². The molecule has 2 nitrogen and oxygen atoms in total. The Labute approximate surface area is 108 Å². The SMILES string of the molecule is CC(C)N1c2cccc(Cl)c2NCC12CCC2. The second kappa shape index (κ2) is 3.81. The highest BCUT2D eigenvalue weighted by atomic mass is 35.5. The molecule has 1 spiro atoms. The Morgan fingerprint density at radius 3 is 2.71 bits per heavy atom. The van der Waals surface area contributed by atoms with E-state index in [-0.39, 0.29) is 0 Å². The average Bonchev–Trinajstić information content (AvgIpc) is 2.25. The predicted molar refractivity (Wildman–Crippen MR) is 74.1 cm³/mol. The lowest BCUT2D eigenvalue weighted by Gasteiger charge is -2.56. The van der Waals surface area contributed by atoms with Crippen molar-refractivity contribution in [1.82, 2.24) is 0 Å². The molecule has 1 fully saturated rings. The molecule has 1 aromatic carbocycles. The van der Waals surface area contributed by atoms with Gasteiger partial charge in [0.25, 0.3) is 0 Å². The first kappa shape index (κ1) is 11.2. The van der Waals surface area contributed by atoms with Gasteiger partial charge in [-0.3, -0.25) is 0 Å². The molecule has 3 heteroatoms. The van der Waals surface area contributed by atoms with Crippen molar-refractivity contribution >= 4 is 23.0 Å². The van der Waals surface area contributed by atoms with E-state index in [1.165, 1.54) is 24.9 Å². The number of hydrogen-bond donors (Lipinski definition) is 1. The van der Waals surface area contributed by atoms with Crippen LogP contribution in [0.5, 0.6) is 0 Å². The summed E-state index contributed by atoms with van der Waals surface area (Å²) in [6.07, 6.45) is 3.94. The number of rotatable bonds is 1. The quantitative estimate of drug-likeness (QED) is 0.813. The summed E-state index contributed by atoms with van der Waals surface area (Å²) in [6, 6.07) is 6.73. The van der Waals surface area contributed by atoms with Crippen molar-refractivity contribution in [3.8, 4) is 0 Å². The molecule has 0 radical (unpaired) electrons. The normalized spacial score (nSPS) is 21.1. The summed E-state index contributed by atoms with van der Waals surface area (Å²) in [5.74, 6) is 0. The van der Waals surface area contributed by atoms with Crippen molar-refractivity contribution < 1.29 is 0 Å². The minimum absolute atomic E-state index is 0.339. The molecule has 92 valence electrons. The molecule has 0 atom stereocenters. The van der Waals surface area contributed by atoms with Crippen LogP contribution in [0.1, 0.15) is 33.1 Å². The minimum atomic E-state index is 0.339. The molecular formula is C14H19ClN2. The first-order valence-electron chi connectivity index (χ1n) is 6.46. The second-order valence-corrected chi connectivity index (χ2v) is 5.94. The van der Waals surface area contributed by atoms with Crippen LogP contribution >= 0.6 is 11.6 Å². The summed E-state index contributed by atoms with van der Waals surface area (Å²) in [6.45, 7) is 5.58. The first-order valence-corrected chi connectivity index (χ1v) is 6.84. The van der Waals surface area contributed by atoms with Gasteiger partial charge >= 0.3 is 0 Å². The molecule has 0 bridgehead atoms. The smallest absolute Gasteiger partial charge is 0.0768 e. The maximum Gasteiger partial charge on any atom is 0.0768 e. The van der Waals surface area contributed by atoms with Gasteiger partial charge in [-0.05, 0) is 45.2 Å². The van der Waals surface area contributed by atoms with Crippen LogP contribution in [0.2, 0.25) is 5.02 Å². The third-order valence-corrected chi connectivity index (χ3v) is 4.47. The monoisotopic (exact) mass is 250 g/mol. The maximum atomic E-state index is 6.28. The zero-order valence-electron chi connectivity index (χ0n) is 10.5. The van der Waals surface area contributed by atoms with Gasteiger partial charge in [0.15, 0.2) is 0 Å². The highest BCUT2D eigenvalue weighted by Crippen LogP contribution is 2.48. The predicted octanol–water partition coefficient (Wildman–Crippen LogP) is 3.90. The molecule has 1 heterocycles. The molecule has 1 aliphatic carbocycles. The van der Waals surface area contributed by atoms with Crippen LogP contribution in [0.4, 0.5) is 11.4 Å². The number of halogens is 1. The van der Waals surface area contributed by atoms with Crippen molar-refractivity contribution in [3.05, 3.63) is 23.2 Å². The summed E-state index contributed by atoms with van der Waals surface area (Å²) in [7, 11) is 0. The van der Waals surface area contributed by atoms with Crippen LogP contribution < -0.4 is 10.2 Å². The second-order valence-electron chi connectivity index (χ2n) is 5.53. The van der Waals surface area contributed by atoms with Gasteiger partial charge in [0, 0.05) is 12.6 Å². The highest BCUT2D eigenvalue weighted by Gasteiger charge is 2.46. The topological polar surface area (TPSA) is 15.3 Å². The molecule has 0 amide bonds. The Hall–Kier alpha value is -0.890. The van der Waals surface area contributed by atoms with Gasteiger partial charge in [0.1, 0.15) is 0 Å². The molecule has 3 rings (SSSR count). The third kappa shape index (κ3) is 1.54. The lowest BCUT2D eigenvalue weighted by Crippen LogP contribution is -2.62. The van der Waals surface area contributed by atoms with Crippen molar-refractivity contribution in [3.63, 3.8) is 0 Å². The highest BCUT2D eigenvalue weighted by molar-refractivity contribution is 6.34. The number of nitrogens with one attached hydrogen (secondary N) is 1. The van der Waals surface area contributed by atoms with E-state index in [0.717, 1.165) is 17.3 Å². The zero-order valence-corrected chi connectivity index (χ0v) is 11.2. The fourth-order valence-electron chi connectivity index (χ4n) is 3.31. The number of para-hydroxylation sites is 1. The molecule has 1 saturated carbocycles. The molecule has 2 aliphatic rings. The molecule has 0 unspecified atom stereocenters. The van der Waals surface area contributed by atoms with E-state index < -0.39 is 0 Å². The molecular weight excluding hydrogens is 232 g/mol. The number of anilines is 2. The number of hydrogen-bond acceptors (Lipinski definition) is 2. The van der Waals surface area contributed by atoms with E-state index in [1.807, 2.05) is 6.07 Å². The maximum absolute atomic E-state index is 6.28. The fourth-order valence-corrected chi connectivity index (χ4v) is 3.55. The van der Waals surface area contributed by atoms with E-state index >= 15 is 0 Å². The number of benzene rings is 1. The van der Waals surface area contributed by atoms with Crippen molar-refractivity contribution in [2.45, 2.75) is 44.7 Å². The summed E-state index contributed by atoms with van der Waals surface area (Å²) < 4.78 is 0. The molecule has 17 heavy (non-hydrogen) atoms. The number of nitrogens with zero attached hydrogens (tertiary/aromatic N) is 1. The van der Waals surface area contributed by atoms with Gasteiger partial charge in [0.2, 0.25) is 0 Å². The van der Waals surface area contributed by atoms with Crippen molar-refractivity contribution in [2.24, 2.45) is 0 Å². The van der Waals surface area contributed by atoms with Crippen LogP contribution in [0, 0.1) is 0 Å². The Morgan fingerprint density at radius 1 is 1.35 bits per heavy atom. The summed E-state index contributed by atoms with van der Waals surface area (Å²) >= 11 is 6.28. The Morgan fingerprint density at radius 2 is 2.12 bits per heavy atom. The van der Waals surface area contributed by atoms with E-state index in [2.05, 4.69) is 36.2 Å². The third-order valence-electron chi connectivity index (χ3n) is 4.16. The Kier molecular flexibility index (Phi) is 2.51. The summed E-state index contributed by atoms with van der Waals surface area (Å²) in [5.41, 5.74) is 2.73.